The van der Waals surface area contributed by atoms with E-state index < -0.39 is 19.6 Å². The van der Waals surface area contributed by atoms with Crippen LogP contribution in [0.4, 0.5) is 0 Å². The van der Waals surface area contributed by atoms with Gasteiger partial charge in [0.25, 0.3) is 0 Å². The average molecular weight is 406 g/mol. The molecule has 0 aromatic carbocycles. The van der Waals surface area contributed by atoms with E-state index in [4.69, 9.17) is 11.3 Å². The second-order valence-corrected chi connectivity index (χ2v) is 9.20. The molecule has 0 radical (unpaired) electrons. The molecule has 1 N–H and O–H groups in total. The number of esters is 1. The second kappa shape index (κ2) is 6.51. The highest BCUT2D eigenvalue weighted by atomic mass is 80.0. The highest BCUT2D eigenvalue weighted by Gasteiger charge is 2.31. The van der Waals surface area contributed by atoms with Gasteiger partial charge in [0.15, 0.2) is 2.14 Å². The third-order valence-corrected chi connectivity index (χ3v) is 2.36. The summed E-state index contributed by atoms with van der Waals surface area (Å²) in [6.45, 7) is 8.82. The molecule has 0 aromatic heterocycles. The molecule has 0 atom stereocenters. The SMILES string of the molecule is [C-]#[N+]C(C(=O)OCCC)=C(O)C(Br)(Br)Br. The van der Waals surface area contributed by atoms with Crippen LogP contribution in [0.15, 0.2) is 11.5 Å². The molecule has 0 rings (SSSR count). The van der Waals surface area contributed by atoms with Crippen molar-refractivity contribution in [2.75, 3.05) is 6.61 Å². The Balaban J connectivity index is 4.92. The zero-order valence-electron chi connectivity index (χ0n) is 7.76. The smallest absolute Gasteiger partial charge is 0.339 e. The standard InChI is InChI=1S/C8H8Br3NO3/c1-3-4-15-7(14)5(12-2)6(13)8(9,10)11/h13H,3-4H2,1H3. The number of allylic oxidation sites excluding steroid dienone is 1. The molecule has 84 valence electrons. The summed E-state index contributed by atoms with van der Waals surface area (Å²) in [5.74, 6) is -1.31. The summed E-state index contributed by atoms with van der Waals surface area (Å²) in [6.07, 6.45) is 0.653. The van der Waals surface area contributed by atoms with Gasteiger partial charge in [0, 0.05) is 0 Å². The van der Waals surface area contributed by atoms with Crippen molar-refractivity contribution in [1.29, 1.82) is 0 Å². The first-order valence-corrected chi connectivity index (χ1v) is 6.27. The Kier molecular flexibility index (Phi) is 6.48. The Labute approximate surface area is 113 Å². The van der Waals surface area contributed by atoms with Crippen LogP contribution in [0.5, 0.6) is 0 Å². The normalized spacial score (nSPS) is 12.7. The number of ether oxygens (including phenoxy) is 1. The van der Waals surface area contributed by atoms with Gasteiger partial charge in [0.05, 0.1) is 13.2 Å². The summed E-state index contributed by atoms with van der Waals surface area (Å²) < 4.78 is 3.55. The Bertz CT molecular complexity index is 314. The fourth-order valence-corrected chi connectivity index (χ4v) is 1.16. The lowest BCUT2D eigenvalue weighted by molar-refractivity contribution is -0.138. The van der Waals surface area contributed by atoms with Gasteiger partial charge in [-0.25, -0.2) is 4.85 Å². The highest BCUT2D eigenvalue weighted by Crippen LogP contribution is 2.41. The predicted octanol–water partition coefficient (Wildman–Crippen LogP) is 3.47. The van der Waals surface area contributed by atoms with Crippen molar-refractivity contribution < 1.29 is 14.6 Å². The third kappa shape index (κ3) is 5.00. The summed E-state index contributed by atoms with van der Waals surface area (Å²) >= 11 is 8.99. The lowest BCUT2D eigenvalue weighted by Gasteiger charge is -2.12. The molecule has 7 heteroatoms. The van der Waals surface area contributed by atoms with E-state index in [1.165, 1.54) is 0 Å². The van der Waals surface area contributed by atoms with Gasteiger partial charge in [-0.3, -0.25) is 4.79 Å². The Hall–Kier alpha value is -0.0600. The number of alkyl halides is 3. The summed E-state index contributed by atoms with van der Waals surface area (Å²) in [5.41, 5.74) is -0.464. The van der Waals surface area contributed by atoms with E-state index >= 15 is 0 Å². The Morgan fingerprint density at radius 2 is 2.07 bits per heavy atom. The maximum absolute atomic E-state index is 11.3. The molecular weight excluding hydrogens is 398 g/mol. The third-order valence-electron chi connectivity index (χ3n) is 1.24. The largest absolute Gasteiger partial charge is 0.520 e. The Morgan fingerprint density at radius 1 is 1.53 bits per heavy atom. The molecular formula is C8H8Br3NO3. The summed E-state index contributed by atoms with van der Waals surface area (Å²) in [4.78, 5) is 14.2. The van der Waals surface area contributed by atoms with Gasteiger partial charge in [-0.15, -0.1) is 0 Å². The topological polar surface area (TPSA) is 50.9 Å². The number of aliphatic hydroxyl groups is 1. The molecule has 0 amide bonds. The second-order valence-electron chi connectivity index (χ2n) is 2.44. The van der Waals surface area contributed by atoms with E-state index in [1.54, 1.807) is 0 Å². The molecule has 15 heavy (non-hydrogen) atoms. The average Bonchev–Trinajstić information content (AvgIpc) is 2.14. The number of carbonyl (C=O) groups is 1. The van der Waals surface area contributed by atoms with E-state index in [0.717, 1.165) is 0 Å². The molecule has 0 saturated heterocycles. The Morgan fingerprint density at radius 3 is 2.40 bits per heavy atom. The van der Waals surface area contributed by atoms with Gasteiger partial charge in [-0.2, -0.15) is 0 Å². The van der Waals surface area contributed by atoms with Crippen LogP contribution in [0.1, 0.15) is 13.3 Å². The fraction of sp³-hybridized carbons (Fsp3) is 0.500. The predicted molar refractivity (Wildman–Crippen MR) is 67.0 cm³/mol. The van der Waals surface area contributed by atoms with E-state index in [0.29, 0.717) is 6.42 Å². The lowest BCUT2D eigenvalue weighted by atomic mass is 10.4. The molecule has 0 unspecified atom stereocenters. The molecule has 0 aliphatic heterocycles. The van der Waals surface area contributed by atoms with Crippen molar-refractivity contribution in [2.45, 2.75) is 15.5 Å². The van der Waals surface area contributed by atoms with Crippen LogP contribution in [0.25, 0.3) is 4.85 Å². The molecule has 0 aliphatic carbocycles. The van der Waals surface area contributed by atoms with Crippen LogP contribution in [-0.4, -0.2) is 19.8 Å². The summed E-state index contributed by atoms with van der Waals surface area (Å²) in [5, 5.41) is 9.54. The lowest BCUT2D eigenvalue weighted by Crippen LogP contribution is -2.14. The zero-order valence-corrected chi connectivity index (χ0v) is 12.5. The van der Waals surface area contributed by atoms with Gasteiger partial charge in [0.1, 0.15) is 5.76 Å². The molecule has 0 saturated carbocycles. The number of hydrogen-bond acceptors (Lipinski definition) is 3. The van der Waals surface area contributed by atoms with Crippen LogP contribution >= 0.6 is 47.8 Å². The van der Waals surface area contributed by atoms with Crippen LogP contribution in [-0.2, 0) is 9.53 Å². The van der Waals surface area contributed by atoms with Crippen molar-refractivity contribution in [2.24, 2.45) is 0 Å². The number of hydrogen-bond donors (Lipinski definition) is 1. The van der Waals surface area contributed by atoms with Gasteiger partial charge >= 0.3 is 11.7 Å². The number of carbonyl (C=O) groups excluding carboxylic acids is 1. The first-order valence-electron chi connectivity index (χ1n) is 3.89. The first-order chi connectivity index (χ1) is 6.84. The van der Waals surface area contributed by atoms with Crippen molar-refractivity contribution in [3.05, 3.63) is 22.9 Å². The molecule has 0 bridgehead atoms. The molecule has 0 aromatic rings. The fourth-order valence-electron chi connectivity index (χ4n) is 0.593. The molecule has 0 heterocycles. The summed E-state index contributed by atoms with van der Waals surface area (Å²) in [7, 11) is 0. The minimum Gasteiger partial charge on any atom is -0.520 e. The highest BCUT2D eigenvalue weighted by molar-refractivity contribution is 9.39. The number of aliphatic hydroxyl groups excluding tert-OH is 1. The van der Waals surface area contributed by atoms with Gasteiger partial charge in [0.2, 0.25) is 0 Å². The number of nitrogens with zero attached hydrogens (tertiary/aromatic N) is 1. The van der Waals surface area contributed by atoms with Crippen LogP contribution in [0.3, 0.4) is 0 Å². The molecule has 0 fully saturated rings. The van der Waals surface area contributed by atoms with Gasteiger partial charge in [-0.05, 0) is 6.42 Å². The monoisotopic (exact) mass is 403 g/mol. The van der Waals surface area contributed by atoms with Crippen molar-refractivity contribution in [1.82, 2.24) is 0 Å². The first kappa shape index (κ1) is 14.9. The van der Waals surface area contributed by atoms with Crippen molar-refractivity contribution in [3.63, 3.8) is 0 Å². The van der Waals surface area contributed by atoms with Gasteiger partial charge < -0.3 is 9.84 Å². The molecule has 0 spiro atoms. The van der Waals surface area contributed by atoms with E-state index in [2.05, 4.69) is 52.6 Å². The van der Waals surface area contributed by atoms with Crippen LogP contribution in [0, 0.1) is 6.57 Å². The minimum atomic E-state index is -1.18. The maximum atomic E-state index is 11.3. The van der Waals surface area contributed by atoms with Crippen LogP contribution in [0.2, 0.25) is 0 Å². The van der Waals surface area contributed by atoms with Crippen LogP contribution < -0.4 is 0 Å². The minimum absolute atomic E-state index is 0.213. The van der Waals surface area contributed by atoms with E-state index in [1.807, 2.05) is 6.92 Å². The van der Waals surface area contributed by atoms with Crippen molar-refractivity contribution in [3.8, 4) is 0 Å². The summed E-state index contributed by atoms with van der Waals surface area (Å²) in [6, 6.07) is 0. The molecule has 4 nitrogen and oxygen atoms in total. The van der Waals surface area contributed by atoms with E-state index in [9.17, 15) is 9.90 Å². The van der Waals surface area contributed by atoms with Crippen molar-refractivity contribution >= 4 is 53.8 Å². The number of halogens is 3. The number of rotatable bonds is 3. The zero-order chi connectivity index (χ0) is 12.1. The van der Waals surface area contributed by atoms with Gasteiger partial charge in [-0.1, -0.05) is 54.7 Å². The maximum Gasteiger partial charge on any atom is 0.339 e. The quantitative estimate of drug-likeness (QED) is 0.257. The molecule has 0 aliphatic rings. The van der Waals surface area contributed by atoms with E-state index in [-0.39, 0.29) is 6.61 Å².